The van der Waals surface area contributed by atoms with Crippen LogP contribution in [0, 0.1) is 0 Å². The second-order valence-electron chi connectivity index (χ2n) is 4.61. The van der Waals surface area contributed by atoms with E-state index in [4.69, 9.17) is 0 Å². The molecule has 0 unspecified atom stereocenters. The molecular weight excluding hydrogens is 250 g/mol. The van der Waals surface area contributed by atoms with E-state index in [1.807, 2.05) is 43.3 Å². The van der Waals surface area contributed by atoms with Gasteiger partial charge in [-0.1, -0.05) is 25.1 Å². The molecule has 0 radical (unpaired) electrons. The molecule has 2 N–H and O–H groups in total. The van der Waals surface area contributed by atoms with Crippen LogP contribution in [0.5, 0.6) is 0 Å². The summed E-state index contributed by atoms with van der Waals surface area (Å²) in [7, 11) is 0. The summed E-state index contributed by atoms with van der Waals surface area (Å²) in [5, 5.41) is 5.81. The summed E-state index contributed by atoms with van der Waals surface area (Å²) in [6, 6.07) is 11.3. The Bertz CT molecular complexity index is 569. The Morgan fingerprint density at radius 1 is 1.20 bits per heavy atom. The van der Waals surface area contributed by atoms with Crippen LogP contribution in [0.25, 0.3) is 0 Å². The van der Waals surface area contributed by atoms with Gasteiger partial charge in [-0.05, 0) is 42.7 Å². The zero-order valence-electron chi connectivity index (χ0n) is 11.8. The summed E-state index contributed by atoms with van der Waals surface area (Å²) in [6.07, 6.45) is 4.33. The summed E-state index contributed by atoms with van der Waals surface area (Å²) in [4.78, 5) is 16.0. The van der Waals surface area contributed by atoms with Crippen molar-refractivity contribution >= 4 is 11.7 Å². The normalized spacial score (nSPS) is 11.7. The van der Waals surface area contributed by atoms with Gasteiger partial charge in [-0.2, -0.15) is 0 Å². The number of anilines is 1. The van der Waals surface area contributed by atoms with Crippen LogP contribution in [0.15, 0.2) is 48.8 Å². The van der Waals surface area contributed by atoms with Crippen molar-refractivity contribution in [1.82, 2.24) is 10.3 Å². The van der Waals surface area contributed by atoms with Gasteiger partial charge in [0.1, 0.15) is 0 Å². The molecule has 2 aromatic rings. The van der Waals surface area contributed by atoms with E-state index >= 15 is 0 Å². The number of urea groups is 1. The van der Waals surface area contributed by atoms with Crippen molar-refractivity contribution in [2.45, 2.75) is 26.3 Å². The highest BCUT2D eigenvalue weighted by Crippen LogP contribution is 2.16. The van der Waals surface area contributed by atoms with Crippen LogP contribution in [0.1, 0.15) is 31.0 Å². The second-order valence-corrected chi connectivity index (χ2v) is 4.61. The molecule has 1 heterocycles. The molecule has 0 fully saturated rings. The average molecular weight is 269 g/mol. The van der Waals surface area contributed by atoms with Crippen molar-refractivity contribution in [2.24, 2.45) is 0 Å². The quantitative estimate of drug-likeness (QED) is 0.892. The first-order valence-corrected chi connectivity index (χ1v) is 6.76. The maximum atomic E-state index is 12.0. The number of aromatic nitrogens is 1. The van der Waals surface area contributed by atoms with E-state index in [2.05, 4.69) is 22.5 Å². The molecule has 20 heavy (non-hydrogen) atoms. The smallest absolute Gasteiger partial charge is 0.319 e. The number of hydrogen-bond acceptors (Lipinski definition) is 2. The molecule has 2 rings (SSSR count). The largest absolute Gasteiger partial charge is 0.331 e. The van der Waals surface area contributed by atoms with Gasteiger partial charge in [0.25, 0.3) is 0 Å². The van der Waals surface area contributed by atoms with Crippen LogP contribution < -0.4 is 10.6 Å². The van der Waals surface area contributed by atoms with E-state index in [1.165, 1.54) is 0 Å². The number of carbonyl (C=O) groups is 1. The van der Waals surface area contributed by atoms with E-state index < -0.39 is 0 Å². The fourth-order valence-corrected chi connectivity index (χ4v) is 2.04. The number of benzene rings is 1. The summed E-state index contributed by atoms with van der Waals surface area (Å²) in [5.74, 6) is 0. The summed E-state index contributed by atoms with van der Waals surface area (Å²) in [6.45, 7) is 4.01. The molecule has 0 aliphatic rings. The highest BCUT2D eigenvalue weighted by molar-refractivity contribution is 5.90. The number of nitrogens with zero attached hydrogens (tertiary/aromatic N) is 1. The second kappa shape index (κ2) is 6.70. The first-order chi connectivity index (χ1) is 9.70. The van der Waals surface area contributed by atoms with Gasteiger partial charge in [-0.3, -0.25) is 4.98 Å². The van der Waals surface area contributed by atoms with Crippen LogP contribution in [0.4, 0.5) is 10.5 Å². The highest BCUT2D eigenvalue weighted by atomic mass is 16.2. The first kappa shape index (κ1) is 14.1. The number of aryl methyl sites for hydroxylation is 1. The zero-order chi connectivity index (χ0) is 14.4. The van der Waals surface area contributed by atoms with Crippen molar-refractivity contribution in [2.75, 3.05) is 5.32 Å². The van der Waals surface area contributed by atoms with Gasteiger partial charge in [0.05, 0.1) is 6.04 Å². The lowest BCUT2D eigenvalue weighted by Gasteiger charge is -2.16. The van der Waals surface area contributed by atoms with E-state index in [1.54, 1.807) is 12.4 Å². The Balaban J connectivity index is 1.99. The minimum Gasteiger partial charge on any atom is -0.331 e. The van der Waals surface area contributed by atoms with Crippen molar-refractivity contribution in [3.63, 3.8) is 0 Å². The molecule has 2 amide bonds. The fourth-order valence-electron chi connectivity index (χ4n) is 2.04. The number of rotatable bonds is 4. The molecule has 4 heteroatoms. The van der Waals surface area contributed by atoms with Gasteiger partial charge in [0.15, 0.2) is 0 Å². The lowest BCUT2D eigenvalue weighted by Crippen LogP contribution is -2.31. The Morgan fingerprint density at radius 2 is 1.90 bits per heavy atom. The summed E-state index contributed by atoms with van der Waals surface area (Å²) < 4.78 is 0. The number of amides is 2. The SMILES string of the molecule is CCc1ccccc1NC(=O)N[C@@H](C)c1ccncc1. The van der Waals surface area contributed by atoms with E-state index in [9.17, 15) is 4.79 Å². The van der Waals surface area contributed by atoms with Gasteiger partial charge in [-0.15, -0.1) is 0 Å². The Hall–Kier alpha value is -2.36. The topological polar surface area (TPSA) is 54.0 Å². The molecule has 0 aliphatic heterocycles. The van der Waals surface area contributed by atoms with E-state index in [-0.39, 0.29) is 12.1 Å². The van der Waals surface area contributed by atoms with Crippen LogP contribution in [0.2, 0.25) is 0 Å². The highest BCUT2D eigenvalue weighted by Gasteiger charge is 2.10. The van der Waals surface area contributed by atoms with Crippen molar-refractivity contribution in [1.29, 1.82) is 0 Å². The third-order valence-electron chi connectivity index (χ3n) is 3.20. The molecular formula is C16H19N3O. The summed E-state index contributed by atoms with van der Waals surface area (Å²) in [5.41, 5.74) is 3.01. The van der Waals surface area contributed by atoms with Crippen molar-refractivity contribution in [3.05, 3.63) is 59.9 Å². The average Bonchev–Trinajstić information content (AvgIpc) is 2.48. The number of nitrogens with one attached hydrogen (secondary N) is 2. The molecule has 4 nitrogen and oxygen atoms in total. The Kier molecular flexibility index (Phi) is 4.71. The van der Waals surface area contributed by atoms with Gasteiger partial charge in [0.2, 0.25) is 0 Å². The third kappa shape index (κ3) is 3.57. The molecule has 0 saturated carbocycles. The zero-order valence-corrected chi connectivity index (χ0v) is 11.8. The van der Waals surface area contributed by atoms with Crippen molar-refractivity contribution in [3.8, 4) is 0 Å². The van der Waals surface area contributed by atoms with Gasteiger partial charge < -0.3 is 10.6 Å². The minimum absolute atomic E-state index is 0.0632. The molecule has 0 spiro atoms. The van der Waals surface area contributed by atoms with Crippen LogP contribution >= 0.6 is 0 Å². The molecule has 1 atom stereocenters. The predicted molar refractivity (Wildman–Crippen MR) is 80.6 cm³/mol. The molecule has 0 aliphatic carbocycles. The Labute approximate surface area is 119 Å². The lowest BCUT2D eigenvalue weighted by molar-refractivity contribution is 0.249. The lowest BCUT2D eigenvalue weighted by atomic mass is 10.1. The number of pyridine rings is 1. The van der Waals surface area contributed by atoms with E-state index in [0.717, 1.165) is 23.2 Å². The minimum atomic E-state index is -0.199. The van der Waals surface area contributed by atoms with Crippen LogP contribution in [-0.4, -0.2) is 11.0 Å². The van der Waals surface area contributed by atoms with Gasteiger partial charge >= 0.3 is 6.03 Å². The number of hydrogen-bond donors (Lipinski definition) is 2. The maximum absolute atomic E-state index is 12.0. The monoisotopic (exact) mass is 269 g/mol. The molecule has 0 saturated heterocycles. The molecule has 1 aromatic carbocycles. The van der Waals surface area contributed by atoms with Crippen LogP contribution in [0.3, 0.4) is 0 Å². The first-order valence-electron chi connectivity index (χ1n) is 6.76. The predicted octanol–water partition coefficient (Wildman–Crippen LogP) is 3.53. The fraction of sp³-hybridized carbons (Fsp3) is 0.250. The van der Waals surface area contributed by atoms with Gasteiger partial charge in [0, 0.05) is 18.1 Å². The van der Waals surface area contributed by atoms with Crippen molar-refractivity contribution < 1.29 is 4.79 Å². The number of carbonyl (C=O) groups excluding carboxylic acids is 1. The Morgan fingerprint density at radius 3 is 2.60 bits per heavy atom. The number of para-hydroxylation sites is 1. The summed E-state index contributed by atoms with van der Waals surface area (Å²) >= 11 is 0. The standard InChI is InChI=1S/C16H19N3O/c1-3-13-6-4-5-7-15(13)19-16(20)18-12(2)14-8-10-17-11-9-14/h4-12H,3H2,1-2H3,(H2,18,19,20)/t12-/m0/s1. The van der Waals surface area contributed by atoms with Crippen LogP contribution in [-0.2, 0) is 6.42 Å². The molecule has 1 aromatic heterocycles. The maximum Gasteiger partial charge on any atom is 0.319 e. The van der Waals surface area contributed by atoms with E-state index in [0.29, 0.717) is 0 Å². The van der Waals surface area contributed by atoms with Gasteiger partial charge in [-0.25, -0.2) is 4.79 Å². The third-order valence-corrected chi connectivity index (χ3v) is 3.20. The molecule has 0 bridgehead atoms. The molecule has 104 valence electrons.